The van der Waals surface area contributed by atoms with Crippen LogP contribution in [0.3, 0.4) is 0 Å². The van der Waals surface area contributed by atoms with Crippen LogP contribution in [0.2, 0.25) is 0 Å². The fourth-order valence-corrected chi connectivity index (χ4v) is 10.4. The maximum absolute atomic E-state index is 13.8. The summed E-state index contributed by atoms with van der Waals surface area (Å²) in [6.45, 7) is 8.65. The number of carbonyl (C=O) groups excluding carboxylic acids is 3. The van der Waals surface area contributed by atoms with E-state index in [9.17, 15) is 19.5 Å². The van der Waals surface area contributed by atoms with Crippen molar-refractivity contribution in [2.75, 3.05) is 57.3 Å². The van der Waals surface area contributed by atoms with Gasteiger partial charge in [0.1, 0.15) is 17.2 Å². The number of likely N-dealkylation sites (tertiary alicyclic amines) is 3. The molecule has 1 aliphatic carbocycles. The Hall–Kier alpha value is -6.02. The van der Waals surface area contributed by atoms with Gasteiger partial charge < -0.3 is 41.6 Å². The summed E-state index contributed by atoms with van der Waals surface area (Å²) in [5, 5.41) is 13.9. The van der Waals surface area contributed by atoms with Crippen molar-refractivity contribution in [2.24, 2.45) is 23.1 Å². The smallest absolute Gasteiger partial charge is 0.328 e. The van der Waals surface area contributed by atoms with Crippen LogP contribution in [-0.4, -0.2) is 99.6 Å². The first-order chi connectivity index (χ1) is 30.0. The molecule has 1 atom stereocenters. The predicted octanol–water partition coefficient (Wildman–Crippen LogP) is 5.83. The number of anilines is 1. The van der Waals surface area contributed by atoms with Crippen molar-refractivity contribution in [3.8, 4) is 5.75 Å². The molecule has 326 valence electrons. The highest BCUT2D eigenvalue weighted by atomic mass is 16.3. The number of urea groups is 1. The molecule has 6 heterocycles. The second kappa shape index (κ2) is 17.4. The SMILES string of the molecule is Cc1cc(C(=O)N2CCC(CN3CCC(n4cc(C5CC5)c5cc(N6CCC(=O)NC6=O)cnc54)CC3)CC2)ccc1C1CCCN(C(/C=C(\N)c2ccccc2O)=C(N)N)C1. The number of nitrogens with two attached hydrogens (primary N) is 3. The molecule has 0 radical (unpaired) electrons. The summed E-state index contributed by atoms with van der Waals surface area (Å²) in [5.74, 6) is 1.50. The van der Waals surface area contributed by atoms with Crippen LogP contribution in [0.4, 0.5) is 10.5 Å². The van der Waals surface area contributed by atoms with Crippen LogP contribution in [0.25, 0.3) is 16.7 Å². The molecule has 1 unspecified atom stereocenters. The predicted molar refractivity (Wildman–Crippen MR) is 241 cm³/mol. The number of para-hydroxylation sites is 1. The summed E-state index contributed by atoms with van der Waals surface area (Å²) in [4.78, 5) is 51.5. The topological polar surface area (TPSA) is 192 Å². The van der Waals surface area contributed by atoms with Gasteiger partial charge in [0.2, 0.25) is 5.91 Å². The number of benzene rings is 2. The number of hydrogen-bond acceptors (Lipinski definition) is 10. The average Bonchev–Trinajstić information content (AvgIpc) is 4.05. The number of aromatic nitrogens is 2. The number of carbonyl (C=O) groups is 3. The number of phenolic OH excluding ortho intramolecular Hbond substituents is 1. The number of aromatic hydroxyl groups is 1. The van der Waals surface area contributed by atoms with Gasteiger partial charge in [-0.3, -0.25) is 19.8 Å². The second-order valence-electron chi connectivity index (χ2n) is 18.2. The quantitative estimate of drug-likeness (QED) is 0.122. The molecule has 5 fully saturated rings. The Morgan fingerprint density at radius 2 is 1.65 bits per heavy atom. The lowest BCUT2D eigenvalue weighted by Gasteiger charge is -2.38. The van der Waals surface area contributed by atoms with E-state index in [0.29, 0.717) is 54.3 Å². The van der Waals surface area contributed by atoms with Gasteiger partial charge in [-0.25, -0.2) is 9.78 Å². The Bertz CT molecular complexity index is 2420. The molecule has 0 spiro atoms. The van der Waals surface area contributed by atoms with Crippen molar-refractivity contribution < 1.29 is 19.5 Å². The van der Waals surface area contributed by atoms with Crippen molar-refractivity contribution in [1.82, 2.24) is 29.6 Å². The third kappa shape index (κ3) is 8.57. The van der Waals surface area contributed by atoms with Crippen molar-refractivity contribution in [2.45, 2.75) is 82.6 Å². The summed E-state index contributed by atoms with van der Waals surface area (Å²) >= 11 is 0. The summed E-state index contributed by atoms with van der Waals surface area (Å²) in [5.41, 5.74) is 26.5. The molecule has 4 aliphatic heterocycles. The zero-order chi connectivity index (χ0) is 43.1. The number of amides is 4. The number of rotatable bonds is 10. The first kappa shape index (κ1) is 41.3. The largest absolute Gasteiger partial charge is 0.507 e. The summed E-state index contributed by atoms with van der Waals surface area (Å²) in [7, 11) is 0. The van der Waals surface area contributed by atoms with Gasteiger partial charge in [-0.1, -0.05) is 18.2 Å². The van der Waals surface area contributed by atoms with E-state index in [-0.39, 0.29) is 35.3 Å². The highest BCUT2D eigenvalue weighted by Gasteiger charge is 2.33. The van der Waals surface area contributed by atoms with Crippen molar-refractivity contribution in [1.29, 1.82) is 0 Å². The van der Waals surface area contributed by atoms with Gasteiger partial charge in [-0.2, -0.15) is 0 Å². The molecule has 4 amide bonds. The van der Waals surface area contributed by atoms with Crippen LogP contribution in [0, 0.1) is 12.8 Å². The number of nitrogens with zero attached hydrogens (tertiary/aromatic N) is 6. The molecule has 2 aromatic heterocycles. The Labute approximate surface area is 363 Å². The Balaban J connectivity index is 0.773. The van der Waals surface area contributed by atoms with Crippen LogP contribution < -0.4 is 27.4 Å². The van der Waals surface area contributed by atoms with Crippen LogP contribution >= 0.6 is 0 Å². The fraction of sp³-hybridized carbons (Fsp3) is 0.458. The minimum Gasteiger partial charge on any atom is -0.507 e. The van der Waals surface area contributed by atoms with Gasteiger partial charge in [0.25, 0.3) is 5.91 Å². The molecular weight excluding hydrogens is 781 g/mol. The second-order valence-corrected chi connectivity index (χ2v) is 18.2. The van der Waals surface area contributed by atoms with Gasteiger partial charge in [0, 0.05) is 99.1 Å². The number of aryl methyl sites for hydroxylation is 1. The summed E-state index contributed by atoms with van der Waals surface area (Å²) in [6, 6.07) is 15.2. The number of nitrogens with one attached hydrogen (secondary N) is 1. The molecule has 14 heteroatoms. The highest BCUT2D eigenvalue weighted by molar-refractivity contribution is 6.06. The number of phenols is 1. The number of imide groups is 1. The first-order valence-corrected chi connectivity index (χ1v) is 22.5. The van der Waals surface area contributed by atoms with Crippen molar-refractivity contribution in [3.05, 3.63) is 106 Å². The Morgan fingerprint density at radius 1 is 0.871 bits per heavy atom. The van der Waals surface area contributed by atoms with E-state index in [2.05, 4.69) is 51.0 Å². The molecule has 4 saturated heterocycles. The monoisotopic (exact) mass is 840 g/mol. The summed E-state index contributed by atoms with van der Waals surface area (Å²) < 4.78 is 2.40. The zero-order valence-electron chi connectivity index (χ0n) is 35.8. The van der Waals surface area contributed by atoms with E-state index in [4.69, 9.17) is 22.2 Å². The molecule has 4 aromatic rings. The molecule has 1 saturated carbocycles. The normalized spacial score (nSPS) is 21.1. The molecule has 0 bridgehead atoms. The number of hydrogen-bond donors (Lipinski definition) is 5. The zero-order valence-corrected chi connectivity index (χ0v) is 35.8. The van der Waals surface area contributed by atoms with Gasteiger partial charge in [-0.05, 0) is 123 Å². The van der Waals surface area contributed by atoms with Crippen LogP contribution in [0.5, 0.6) is 5.75 Å². The average molecular weight is 841 g/mol. The van der Waals surface area contributed by atoms with Gasteiger partial charge in [0.05, 0.1) is 17.6 Å². The molecular formula is C48H60N10O4. The minimum atomic E-state index is -0.379. The molecule has 9 rings (SSSR count). The molecule has 2 aromatic carbocycles. The number of allylic oxidation sites excluding steroid dienone is 1. The number of piperidine rings is 3. The van der Waals surface area contributed by atoms with E-state index >= 15 is 0 Å². The van der Waals surface area contributed by atoms with Crippen LogP contribution in [-0.2, 0) is 4.79 Å². The molecule has 62 heavy (non-hydrogen) atoms. The Kier molecular flexibility index (Phi) is 11.6. The maximum Gasteiger partial charge on any atom is 0.328 e. The standard InChI is InChI=1S/C48H60N10O4/c1-30-23-33(10-11-37(30)34-5-4-17-56(28-34)42(45(50)51)25-41(49)38-6-2-3-7-43(38)59)47(61)55-20-12-31(13-21-55)27-54-18-14-35(15-19-54)58-29-40(32-8-9-32)39-24-36(26-52-46(39)58)57-22-16-44(60)53-48(57)62/h2-3,6-7,10-11,23-26,29,31-32,34-35,59H,4-5,8-9,12-22,27-28,49-51H2,1H3,(H,53,60,62)/b41-25-. The van der Waals surface area contributed by atoms with Crippen molar-refractivity contribution in [3.63, 3.8) is 0 Å². The van der Waals surface area contributed by atoms with E-state index in [1.54, 1.807) is 35.4 Å². The van der Waals surface area contributed by atoms with E-state index in [0.717, 1.165) is 106 Å². The lowest BCUT2D eigenvalue weighted by molar-refractivity contribution is -0.120. The third-order valence-corrected chi connectivity index (χ3v) is 14.0. The lowest BCUT2D eigenvalue weighted by atomic mass is 9.86. The molecule has 8 N–H and O–H groups in total. The van der Waals surface area contributed by atoms with Crippen LogP contribution in [0.15, 0.2) is 78.5 Å². The highest BCUT2D eigenvalue weighted by Crippen LogP contribution is 2.45. The van der Waals surface area contributed by atoms with Crippen LogP contribution in [0.1, 0.15) is 108 Å². The van der Waals surface area contributed by atoms with E-state index in [1.165, 1.54) is 24.0 Å². The lowest BCUT2D eigenvalue weighted by Crippen LogP contribution is -2.49. The maximum atomic E-state index is 13.8. The van der Waals surface area contributed by atoms with Gasteiger partial charge >= 0.3 is 6.03 Å². The van der Waals surface area contributed by atoms with Crippen molar-refractivity contribution >= 4 is 40.3 Å². The minimum absolute atomic E-state index is 0.100. The molecule has 5 aliphatic rings. The fourth-order valence-electron chi connectivity index (χ4n) is 10.4. The number of fused-ring (bicyclic) bond motifs is 1. The van der Waals surface area contributed by atoms with E-state index < -0.39 is 0 Å². The third-order valence-electron chi connectivity index (χ3n) is 14.0. The van der Waals surface area contributed by atoms with Gasteiger partial charge in [-0.15, -0.1) is 0 Å². The number of pyridine rings is 1. The summed E-state index contributed by atoms with van der Waals surface area (Å²) in [6.07, 6.45) is 14.6. The Morgan fingerprint density at radius 3 is 2.35 bits per heavy atom. The molecule has 14 nitrogen and oxygen atoms in total. The van der Waals surface area contributed by atoms with Gasteiger partial charge in [0.15, 0.2) is 0 Å². The first-order valence-electron chi connectivity index (χ1n) is 22.5. The van der Waals surface area contributed by atoms with E-state index in [1.807, 2.05) is 17.0 Å².